The molecule has 0 spiro atoms. The fraction of sp³-hybridized carbons (Fsp3) is 0.412. The van der Waals surface area contributed by atoms with Crippen LogP contribution in [0.3, 0.4) is 0 Å². The Labute approximate surface area is 141 Å². The summed E-state index contributed by atoms with van der Waals surface area (Å²) >= 11 is 0. The molecule has 0 unspecified atom stereocenters. The molecule has 1 aliphatic rings. The summed E-state index contributed by atoms with van der Waals surface area (Å²) in [6, 6.07) is 7.48. The van der Waals surface area contributed by atoms with Gasteiger partial charge < -0.3 is 19.9 Å². The van der Waals surface area contributed by atoms with Crippen LogP contribution in [0.4, 0.5) is 5.95 Å². The highest BCUT2D eigenvalue weighted by Crippen LogP contribution is 2.37. The van der Waals surface area contributed by atoms with Crippen LogP contribution in [0.5, 0.6) is 11.5 Å². The number of nitrogen functional groups attached to an aromatic ring is 1. The molecule has 1 aromatic heterocycles. The molecule has 0 saturated carbocycles. The lowest BCUT2D eigenvalue weighted by atomic mass is 10.1. The van der Waals surface area contributed by atoms with Crippen molar-refractivity contribution in [3.8, 4) is 22.8 Å². The summed E-state index contributed by atoms with van der Waals surface area (Å²) in [5, 5.41) is 0. The second kappa shape index (κ2) is 7.94. The molecular formula is C17H22N4O3. The van der Waals surface area contributed by atoms with Gasteiger partial charge in [-0.1, -0.05) is 6.07 Å². The van der Waals surface area contributed by atoms with Gasteiger partial charge in [-0.2, -0.15) is 0 Å². The van der Waals surface area contributed by atoms with E-state index in [1.165, 1.54) is 0 Å². The summed E-state index contributed by atoms with van der Waals surface area (Å²) in [6.45, 7) is 4.88. The molecule has 128 valence electrons. The van der Waals surface area contributed by atoms with E-state index in [4.69, 9.17) is 19.9 Å². The average Bonchev–Trinajstić information content (AvgIpc) is 2.62. The van der Waals surface area contributed by atoms with Crippen LogP contribution in [-0.4, -0.2) is 61.4 Å². The Morgan fingerprint density at radius 3 is 2.75 bits per heavy atom. The normalized spacial score (nSPS) is 15.2. The highest BCUT2D eigenvalue weighted by Gasteiger charge is 2.16. The van der Waals surface area contributed by atoms with E-state index in [1.807, 2.05) is 18.2 Å². The Balaban J connectivity index is 1.77. The van der Waals surface area contributed by atoms with Gasteiger partial charge >= 0.3 is 0 Å². The molecule has 0 radical (unpaired) electrons. The summed E-state index contributed by atoms with van der Waals surface area (Å²) in [6.07, 6.45) is 1.63. The molecule has 1 saturated heterocycles. The second-order valence-corrected chi connectivity index (χ2v) is 5.44. The Kier molecular flexibility index (Phi) is 5.45. The third-order valence-electron chi connectivity index (χ3n) is 3.91. The highest BCUT2D eigenvalue weighted by molar-refractivity contribution is 5.74. The predicted octanol–water partition coefficient (Wildman–Crippen LogP) is 1.45. The van der Waals surface area contributed by atoms with E-state index >= 15 is 0 Å². The first-order chi connectivity index (χ1) is 11.8. The smallest absolute Gasteiger partial charge is 0.220 e. The Bertz CT molecular complexity index is 675. The van der Waals surface area contributed by atoms with E-state index in [2.05, 4.69) is 14.9 Å². The maximum Gasteiger partial charge on any atom is 0.220 e. The van der Waals surface area contributed by atoms with Gasteiger partial charge in [-0.05, 0) is 18.2 Å². The van der Waals surface area contributed by atoms with Gasteiger partial charge in [-0.15, -0.1) is 0 Å². The van der Waals surface area contributed by atoms with Crippen molar-refractivity contribution >= 4 is 5.95 Å². The van der Waals surface area contributed by atoms with Crippen molar-refractivity contribution in [2.24, 2.45) is 0 Å². The fourth-order valence-corrected chi connectivity index (χ4v) is 2.68. The van der Waals surface area contributed by atoms with Gasteiger partial charge in [0.05, 0.1) is 31.6 Å². The molecule has 7 nitrogen and oxygen atoms in total. The van der Waals surface area contributed by atoms with Crippen molar-refractivity contribution < 1.29 is 14.2 Å². The van der Waals surface area contributed by atoms with Gasteiger partial charge in [-0.3, -0.25) is 4.90 Å². The number of hydrogen-bond donors (Lipinski definition) is 1. The van der Waals surface area contributed by atoms with Crippen LogP contribution < -0.4 is 15.2 Å². The minimum Gasteiger partial charge on any atom is -0.496 e. The highest BCUT2D eigenvalue weighted by atomic mass is 16.5. The number of nitrogens with zero attached hydrogens (tertiary/aromatic N) is 3. The van der Waals surface area contributed by atoms with Crippen molar-refractivity contribution in [2.45, 2.75) is 0 Å². The van der Waals surface area contributed by atoms with E-state index in [0.717, 1.165) is 44.2 Å². The van der Waals surface area contributed by atoms with Crippen molar-refractivity contribution in [3.63, 3.8) is 0 Å². The fourth-order valence-electron chi connectivity index (χ4n) is 2.68. The van der Waals surface area contributed by atoms with Crippen LogP contribution in [0, 0.1) is 0 Å². The molecular weight excluding hydrogens is 308 g/mol. The van der Waals surface area contributed by atoms with Crippen LogP contribution in [-0.2, 0) is 4.74 Å². The predicted molar refractivity (Wildman–Crippen MR) is 91.2 cm³/mol. The number of benzene rings is 1. The first-order valence-electron chi connectivity index (χ1n) is 7.96. The zero-order chi connectivity index (χ0) is 16.8. The van der Waals surface area contributed by atoms with E-state index < -0.39 is 0 Å². The molecule has 3 rings (SSSR count). The number of morpholine rings is 1. The average molecular weight is 330 g/mol. The maximum atomic E-state index is 6.01. The van der Waals surface area contributed by atoms with E-state index in [0.29, 0.717) is 18.1 Å². The molecule has 7 heteroatoms. The van der Waals surface area contributed by atoms with Crippen LogP contribution in [0.1, 0.15) is 0 Å². The number of aromatic nitrogens is 2. The second-order valence-electron chi connectivity index (χ2n) is 5.44. The summed E-state index contributed by atoms with van der Waals surface area (Å²) < 4.78 is 16.8. The minimum absolute atomic E-state index is 0.220. The lowest BCUT2D eigenvalue weighted by Crippen LogP contribution is -2.38. The molecule has 0 amide bonds. The Morgan fingerprint density at radius 2 is 2.00 bits per heavy atom. The van der Waals surface area contributed by atoms with E-state index in [9.17, 15) is 0 Å². The standard InChI is InChI=1S/C17H22N4O3/c1-22-14-3-2-4-15(16(14)13-5-6-19-17(18)20-13)24-12-9-21-7-10-23-11-8-21/h2-6H,7-12H2,1H3,(H2,18,19,20). The number of anilines is 1. The summed E-state index contributed by atoms with van der Waals surface area (Å²) in [5.74, 6) is 1.63. The van der Waals surface area contributed by atoms with Gasteiger partial charge in [0.25, 0.3) is 0 Å². The topological polar surface area (TPSA) is 82.7 Å². The molecule has 2 aromatic rings. The first-order valence-corrected chi connectivity index (χ1v) is 7.96. The number of rotatable bonds is 6. The number of methoxy groups -OCH3 is 1. The van der Waals surface area contributed by atoms with E-state index in [-0.39, 0.29) is 5.95 Å². The lowest BCUT2D eigenvalue weighted by molar-refractivity contribution is 0.0323. The zero-order valence-electron chi connectivity index (χ0n) is 13.8. The van der Waals surface area contributed by atoms with Crippen LogP contribution in [0.15, 0.2) is 30.5 Å². The van der Waals surface area contributed by atoms with E-state index in [1.54, 1.807) is 19.4 Å². The molecule has 0 bridgehead atoms. The quantitative estimate of drug-likeness (QED) is 0.858. The van der Waals surface area contributed by atoms with Gasteiger partial charge in [-0.25, -0.2) is 9.97 Å². The van der Waals surface area contributed by atoms with Gasteiger partial charge in [0.2, 0.25) is 5.95 Å². The van der Waals surface area contributed by atoms with Crippen molar-refractivity contribution in [1.29, 1.82) is 0 Å². The van der Waals surface area contributed by atoms with Crippen LogP contribution >= 0.6 is 0 Å². The van der Waals surface area contributed by atoms with Crippen LogP contribution in [0.25, 0.3) is 11.3 Å². The Morgan fingerprint density at radius 1 is 1.21 bits per heavy atom. The molecule has 0 aliphatic carbocycles. The SMILES string of the molecule is COc1cccc(OCCN2CCOCC2)c1-c1ccnc(N)n1. The molecule has 24 heavy (non-hydrogen) atoms. The number of nitrogens with two attached hydrogens (primary N) is 1. The van der Waals surface area contributed by atoms with Gasteiger partial charge in [0, 0.05) is 25.8 Å². The Hall–Kier alpha value is -2.38. The molecule has 1 fully saturated rings. The summed E-state index contributed by atoms with van der Waals surface area (Å²) in [5.41, 5.74) is 7.18. The third-order valence-corrected chi connectivity index (χ3v) is 3.91. The lowest BCUT2D eigenvalue weighted by Gasteiger charge is -2.26. The van der Waals surface area contributed by atoms with Crippen molar-refractivity contribution in [2.75, 3.05) is 52.3 Å². The molecule has 0 atom stereocenters. The van der Waals surface area contributed by atoms with Crippen molar-refractivity contribution in [1.82, 2.24) is 14.9 Å². The largest absolute Gasteiger partial charge is 0.496 e. The molecule has 2 N–H and O–H groups in total. The minimum atomic E-state index is 0.220. The van der Waals surface area contributed by atoms with Gasteiger partial charge in [0.15, 0.2) is 0 Å². The monoisotopic (exact) mass is 330 g/mol. The van der Waals surface area contributed by atoms with Crippen molar-refractivity contribution in [3.05, 3.63) is 30.5 Å². The summed E-state index contributed by atoms with van der Waals surface area (Å²) in [7, 11) is 1.63. The number of hydrogen-bond acceptors (Lipinski definition) is 7. The van der Waals surface area contributed by atoms with Crippen LogP contribution in [0.2, 0.25) is 0 Å². The maximum absolute atomic E-state index is 6.01. The number of ether oxygens (including phenoxy) is 3. The zero-order valence-corrected chi connectivity index (χ0v) is 13.8. The van der Waals surface area contributed by atoms with Gasteiger partial charge in [0.1, 0.15) is 18.1 Å². The molecule has 1 aromatic carbocycles. The summed E-state index contributed by atoms with van der Waals surface area (Å²) in [4.78, 5) is 10.6. The molecule has 1 aliphatic heterocycles. The first kappa shape index (κ1) is 16.5. The molecule has 2 heterocycles. The third kappa shape index (κ3) is 3.93.